The minimum absolute atomic E-state index is 0. The van der Waals surface area contributed by atoms with Crippen LogP contribution in [0.25, 0.3) is 10.1 Å². The van der Waals surface area contributed by atoms with Gasteiger partial charge in [0.1, 0.15) is 0 Å². The molecule has 3 rings (SSSR count). The van der Waals surface area contributed by atoms with E-state index in [0.717, 1.165) is 18.5 Å². The van der Waals surface area contributed by atoms with Crippen molar-refractivity contribution in [2.24, 2.45) is 0 Å². The smallest absolute Gasteiger partial charge is 0.227 e. The highest BCUT2D eigenvalue weighted by molar-refractivity contribution is 7.17. The van der Waals surface area contributed by atoms with Gasteiger partial charge in [-0.15, -0.1) is 23.7 Å². The maximum absolute atomic E-state index is 13.1. The lowest BCUT2D eigenvalue weighted by atomic mass is 9.88. The molecular formula is C23H33ClN2OS. The molecule has 0 aliphatic heterocycles. The van der Waals surface area contributed by atoms with Gasteiger partial charge in [0.05, 0.1) is 6.42 Å². The molecule has 0 N–H and O–H groups in total. The molecule has 154 valence electrons. The zero-order chi connectivity index (χ0) is 19.4. The second-order valence-electron chi connectivity index (χ2n) is 8.07. The predicted octanol–water partition coefficient (Wildman–Crippen LogP) is 5.53. The van der Waals surface area contributed by atoms with Gasteiger partial charge in [0.25, 0.3) is 0 Å². The first-order valence-electron chi connectivity index (χ1n) is 10.0. The van der Waals surface area contributed by atoms with Gasteiger partial charge in [0.2, 0.25) is 5.91 Å². The van der Waals surface area contributed by atoms with Crippen LogP contribution in [0.2, 0.25) is 0 Å². The van der Waals surface area contributed by atoms with E-state index >= 15 is 0 Å². The van der Waals surface area contributed by atoms with E-state index in [0.29, 0.717) is 18.5 Å². The second kappa shape index (κ2) is 10.4. The lowest BCUT2D eigenvalue weighted by Gasteiger charge is -2.42. The number of benzene rings is 1. The van der Waals surface area contributed by atoms with E-state index in [2.05, 4.69) is 61.5 Å². The Labute approximate surface area is 179 Å². The molecule has 1 amide bonds. The second-order valence-corrected chi connectivity index (χ2v) is 9.02. The summed E-state index contributed by atoms with van der Waals surface area (Å²) in [6, 6.07) is 9.19. The number of hydrogen-bond acceptors (Lipinski definition) is 3. The van der Waals surface area contributed by atoms with E-state index in [4.69, 9.17) is 0 Å². The summed E-state index contributed by atoms with van der Waals surface area (Å²) in [6.07, 6.45) is 7.53. The van der Waals surface area contributed by atoms with E-state index in [9.17, 15) is 4.79 Å². The van der Waals surface area contributed by atoms with Gasteiger partial charge in [-0.05, 0) is 62.2 Å². The summed E-state index contributed by atoms with van der Waals surface area (Å²) in [5.41, 5.74) is 2.50. The monoisotopic (exact) mass is 420 g/mol. The Balaban J connectivity index is 0.00000280. The van der Waals surface area contributed by atoms with Crippen LogP contribution in [0, 0.1) is 0 Å². The van der Waals surface area contributed by atoms with E-state index in [1.165, 1.54) is 34.9 Å². The molecule has 1 aliphatic carbocycles. The number of hydrogen-bond donors (Lipinski definition) is 0. The number of halogens is 1. The molecule has 5 heteroatoms. The quantitative estimate of drug-likeness (QED) is 0.573. The van der Waals surface area contributed by atoms with E-state index < -0.39 is 0 Å². The van der Waals surface area contributed by atoms with Crippen LogP contribution < -0.4 is 0 Å². The van der Waals surface area contributed by atoms with Crippen LogP contribution in [0.1, 0.15) is 45.1 Å². The molecule has 0 unspecified atom stereocenters. The third-order valence-corrected chi connectivity index (χ3v) is 6.75. The SMILES string of the molecule is CC(C)=CCN(C)[C@@H]1CCCC[C@H]1N(C)C(=O)Cc1cccc2sccc12.Cl. The van der Waals surface area contributed by atoms with Crippen molar-refractivity contribution in [2.75, 3.05) is 20.6 Å². The van der Waals surface area contributed by atoms with E-state index in [-0.39, 0.29) is 18.3 Å². The van der Waals surface area contributed by atoms with Crippen molar-refractivity contribution in [1.29, 1.82) is 0 Å². The van der Waals surface area contributed by atoms with Crippen molar-refractivity contribution < 1.29 is 4.79 Å². The minimum atomic E-state index is 0. The number of rotatable bonds is 6. The molecule has 0 spiro atoms. The highest BCUT2D eigenvalue weighted by Gasteiger charge is 2.33. The zero-order valence-corrected chi connectivity index (χ0v) is 19.1. The van der Waals surface area contributed by atoms with E-state index in [1.807, 2.05) is 11.9 Å². The summed E-state index contributed by atoms with van der Waals surface area (Å²) >= 11 is 1.74. The van der Waals surface area contributed by atoms with E-state index in [1.54, 1.807) is 11.3 Å². The summed E-state index contributed by atoms with van der Waals surface area (Å²) in [6.45, 7) is 5.25. The predicted molar refractivity (Wildman–Crippen MR) is 124 cm³/mol. The maximum atomic E-state index is 13.1. The minimum Gasteiger partial charge on any atom is -0.341 e. The lowest BCUT2D eigenvalue weighted by Crippen LogP contribution is -2.53. The number of nitrogens with zero attached hydrogens (tertiary/aromatic N) is 2. The van der Waals surface area contributed by atoms with Gasteiger partial charge in [-0.2, -0.15) is 0 Å². The van der Waals surface area contributed by atoms with Crippen LogP contribution in [-0.2, 0) is 11.2 Å². The van der Waals surface area contributed by atoms with Crippen molar-refractivity contribution in [1.82, 2.24) is 9.80 Å². The van der Waals surface area contributed by atoms with Gasteiger partial charge < -0.3 is 4.90 Å². The summed E-state index contributed by atoms with van der Waals surface area (Å²) in [5, 5.41) is 3.34. The molecule has 0 radical (unpaired) electrons. The number of thiophene rings is 1. The first kappa shape index (κ1) is 22.9. The Morgan fingerprint density at radius 2 is 1.86 bits per heavy atom. The molecule has 2 aromatic rings. The number of carbonyl (C=O) groups excluding carboxylic acids is 1. The lowest BCUT2D eigenvalue weighted by molar-refractivity contribution is -0.133. The third kappa shape index (κ3) is 5.37. The van der Waals surface area contributed by atoms with Crippen molar-refractivity contribution in [2.45, 2.75) is 58.0 Å². The molecule has 0 bridgehead atoms. The van der Waals surface area contributed by atoms with Crippen molar-refractivity contribution in [3.63, 3.8) is 0 Å². The highest BCUT2D eigenvalue weighted by atomic mass is 35.5. The fourth-order valence-electron chi connectivity index (χ4n) is 4.20. The van der Waals surface area contributed by atoms with Crippen LogP contribution >= 0.6 is 23.7 Å². The van der Waals surface area contributed by atoms with Gasteiger partial charge in [-0.3, -0.25) is 9.69 Å². The average molecular weight is 421 g/mol. The Morgan fingerprint density at radius 1 is 1.14 bits per heavy atom. The van der Waals surface area contributed by atoms with Crippen molar-refractivity contribution in [3.05, 3.63) is 46.9 Å². The summed E-state index contributed by atoms with van der Waals surface area (Å²) in [4.78, 5) is 17.6. The van der Waals surface area contributed by atoms with Gasteiger partial charge >= 0.3 is 0 Å². The van der Waals surface area contributed by atoms with Gasteiger partial charge in [0.15, 0.2) is 0 Å². The maximum Gasteiger partial charge on any atom is 0.227 e. The topological polar surface area (TPSA) is 23.6 Å². The third-order valence-electron chi connectivity index (χ3n) is 5.87. The van der Waals surface area contributed by atoms with Crippen molar-refractivity contribution in [3.8, 4) is 0 Å². The van der Waals surface area contributed by atoms with Crippen LogP contribution in [-0.4, -0.2) is 48.4 Å². The molecular weight excluding hydrogens is 388 g/mol. The van der Waals surface area contributed by atoms with Gasteiger partial charge in [-0.1, -0.05) is 36.6 Å². The first-order valence-corrected chi connectivity index (χ1v) is 10.9. The number of likely N-dealkylation sites (N-methyl/N-ethyl adjacent to an activating group) is 2. The molecule has 0 saturated heterocycles. The fourth-order valence-corrected chi connectivity index (χ4v) is 5.04. The Hall–Kier alpha value is -1.36. The molecule has 2 atom stereocenters. The number of amides is 1. The fraction of sp³-hybridized carbons (Fsp3) is 0.522. The molecule has 1 aromatic heterocycles. The molecule has 1 aromatic carbocycles. The Kier molecular flexibility index (Phi) is 8.54. The molecule has 1 aliphatic rings. The molecule has 3 nitrogen and oxygen atoms in total. The number of fused-ring (bicyclic) bond motifs is 1. The zero-order valence-electron chi connectivity index (χ0n) is 17.5. The van der Waals surface area contributed by atoms with Crippen LogP contribution in [0.4, 0.5) is 0 Å². The summed E-state index contributed by atoms with van der Waals surface area (Å²) in [7, 11) is 4.21. The van der Waals surface area contributed by atoms with Crippen molar-refractivity contribution >= 4 is 39.7 Å². The first-order chi connectivity index (χ1) is 13.0. The van der Waals surface area contributed by atoms with Gasteiger partial charge in [0, 0.05) is 30.4 Å². The largest absolute Gasteiger partial charge is 0.341 e. The molecule has 1 saturated carbocycles. The van der Waals surface area contributed by atoms with Crippen LogP contribution in [0.3, 0.4) is 0 Å². The van der Waals surface area contributed by atoms with Gasteiger partial charge in [-0.25, -0.2) is 0 Å². The Morgan fingerprint density at radius 3 is 2.57 bits per heavy atom. The molecule has 28 heavy (non-hydrogen) atoms. The van der Waals surface area contributed by atoms with Crippen LogP contribution in [0.5, 0.6) is 0 Å². The molecule has 1 fully saturated rings. The number of carbonyl (C=O) groups is 1. The highest BCUT2D eigenvalue weighted by Crippen LogP contribution is 2.28. The average Bonchev–Trinajstić information content (AvgIpc) is 3.15. The summed E-state index contributed by atoms with van der Waals surface area (Å²) in [5.74, 6) is 0.237. The summed E-state index contributed by atoms with van der Waals surface area (Å²) < 4.78 is 1.26. The Bertz CT molecular complexity index is 812. The molecule has 1 heterocycles. The number of allylic oxidation sites excluding steroid dienone is 1. The van der Waals surface area contributed by atoms with Crippen LogP contribution in [0.15, 0.2) is 41.3 Å². The normalized spacial score (nSPS) is 19.3. The standard InChI is InChI=1S/C23H32N2OS.ClH/c1-17(2)12-14-24(3)20-9-5-6-10-21(20)25(4)23(26)16-18-8-7-11-22-19(18)13-15-27-22;/h7-8,11-13,15,20-21H,5-6,9-10,14,16H2,1-4H3;1H/t20-,21-;/m1./s1.